The Labute approximate surface area is 71.3 Å². The van der Waals surface area contributed by atoms with Crippen molar-refractivity contribution in [2.45, 2.75) is 27.1 Å². The second kappa shape index (κ2) is 3.72. The largest absolute Gasteiger partial charge is 0.0776 e. The minimum Gasteiger partial charge on any atom is -0.0776 e. The Morgan fingerprint density at radius 3 is 1.64 bits per heavy atom. The van der Waals surface area contributed by atoms with Gasteiger partial charge in [0.25, 0.3) is 0 Å². The Balaban J connectivity index is 0.000001000. The maximum Gasteiger partial charge on any atom is 0.0775 e. The molecule has 0 nitrogen and oxygen atoms in total. The molecule has 62 valence electrons. The van der Waals surface area contributed by atoms with Crippen LogP contribution in [0.5, 0.6) is 0 Å². The summed E-state index contributed by atoms with van der Waals surface area (Å²) in [6, 6.07) is 10.8. The molecule has 1 aromatic rings. The minimum absolute atomic E-state index is 0. The van der Waals surface area contributed by atoms with E-state index in [1.807, 2.05) is 0 Å². The minimum atomic E-state index is -1.03. The molecule has 0 aliphatic heterocycles. The Kier molecular flexibility index (Phi) is 3.53. The Bertz CT molecular complexity index is 196. The van der Waals surface area contributed by atoms with E-state index >= 15 is 0 Å². The third-order valence-corrected chi connectivity index (χ3v) is 3.71. The van der Waals surface area contributed by atoms with Gasteiger partial charge in [0.1, 0.15) is 0 Å². The van der Waals surface area contributed by atoms with E-state index < -0.39 is 8.07 Å². The molecule has 0 atom stereocenters. The number of benzene rings is 1. The van der Waals surface area contributed by atoms with E-state index in [2.05, 4.69) is 50.0 Å². The second-order valence-electron chi connectivity index (χ2n) is 3.62. The predicted octanol–water partition coefficient (Wildman–Crippen LogP) is 2.87. The molecule has 0 aliphatic carbocycles. The first-order valence-corrected chi connectivity index (χ1v) is 7.16. The molecule has 0 spiro atoms. The van der Waals surface area contributed by atoms with Crippen molar-refractivity contribution in [1.29, 1.82) is 0 Å². The van der Waals surface area contributed by atoms with Gasteiger partial charge in [-0.3, -0.25) is 0 Å². The topological polar surface area (TPSA) is 0 Å². The Morgan fingerprint density at radius 1 is 0.909 bits per heavy atom. The average molecular weight is 166 g/mol. The Morgan fingerprint density at radius 2 is 1.36 bits per heavy atom. The molecule has 0 aromatic heterocycles. The van der Waals surface area contributed by atoms with Crippen molar-refractivity contribution in [2.75, 3.05) is 0 Å². The molecular formula is C10H18Si. The van der Waals surface area contributed by atoms with Gasteiger partial charge in [0, 0.05) is 0 Å². The van der Waals surface area contributed by atoms with Crippen LogP contribution in [0.1, 0.15) is 7.43 Å². The first-order chi connectivity index (χ1) is 4.61. The summed E-state index contributed by atoms with van der Waals surface area (Å²) in [7, 11) is -1.03. The van der Waals surface area contributed by atoms with Crippen molar-refractivity contribution >= 4 is 13.3 Å². The Hall–Kier alpha value is -0.563. The van der Waals surface area contributed by atoms with Crippen molar-refractivity contribution in [1.82, 2.24) is 0 Å². The molecule has 0 saturated carbocycles. The molecule has 1 heteroatoms. The van der Waals surface area contributed by atoms with E-state index in [-0.39, 0.29) is 7.43 Å². The monoisotopic (exact) mass is 166 g/mol. The lowest BCUT2D eigenvalue weighted by Gasteiger charge is -2.15. The summed E-state index contributed by atoms with van der Waals surface area (Å²) in [5.41, 5.74) is 0. The molecule has 11 heavy (non-hydrogen) atoms. The fourth-order valence-corrected chi connectivity index (χ4v) is 2.13. The van der Waals surface area contributed by atoms with Crippen LogP contribution in [0.25, 0.3) is 0 Å². The lowest BCUT2D eigenvalue weighted by molar-refractivity contribution is 1.68. The molecule has 0 aliphatic rings. The lowest BCUT2D eigenvalue weighted by atomic mass is 10.4. The second-order valence-corrected chi connectivity index (χ2v) is 8.69. The van der Waals surface area contributed by atoms with Crippen LogP contribution >= 0.6 is 0 Å². The molecule has 1 aromatic carbocycles. The van der Waals surface area contributed by atoms with Gasteiger partial charge in [-0.25, -0.2) is 0 Å². The summed E-state index contributed by atoms with van der Waals surface area (Å²) in [5.74, 6) is 0. The molecule has 0 N–H and O–H groups in total. The van der Waals surface area contributed by atoms with E-state index in [4.69, 9.17) is 0 Å². The van der Waals surface area contributed by atoms with E-state index in [0.29, 0.717) is 0 Å². The maximum absolute atomic E-state index is 2.36. The molecule has 0 bridgehead atoms. The highest BCUT2D eigenvalue weighted by molar-refractivity contribution is 6.88. The van der Waals surface area contributed by atoms with Crippen LogP contribution in [-0.4, -0.2) is 8.07 Å². The maximum atomic E-state index is 2.36. The van der Waals surface area contributed by atoms with Crippen molar-refractivity contribution in [3.63, 3.8) is 0 Å². The predicted molar refractivity (Wildman–Crippen MR) is 56.2 cm³/mol. The van der Waals surface area contributed by atoms with Gasteiger partial charge in [0.2, 0.25) is 0 Å². The van der Waals surface area contributed by atoms with Crippen LogP contribution in [-0.2, 0) is 0 Å². The lowest BCUT2D eigenvalue weighted by Crippen LogP contribution is -2.37. The summed E-state index contributed by atoms with van der Waals surface area (Å²) in [6.45, 7) is 7.09. The van der Waals surface area contributed by atoms with Gasteiger partial charge >= 0.3 is 0 Å². The van der Waals surface area contributed by atoms with E-state index in [9.17, 15) is 0 Å². The van der Waals surface area contributed by atoms with Gasteiger partial charge < -0.3 is 0 Å². The normalized spacial score (nSPS) is 10.5. The van der Waals surface area contributed by atoms with Gasteiger partial charge in [-0.15, -0.1) is 0 Å². The fraction of sp³-hybridized carbons (Fsp3) is 0.400. The van der Waals surface area contributed by atoms with Gasteiger partial charge in [0.05, 0.1) is 8.07 Å². The molecule has 0 radical (unpaired) electrons. The fourth-order valence-electron chi connectivity index (χ4n) is 0.938. The number of hydrogen-bond donors (Lipinski definition) is 0. The van der Waals surface area contributed by atoms with E-state index in [1.54, 1.807) is 0 Å². The van der Waals surface area contributed by atoms with Gasteiger partial charge in [-0.1, -0.05) is 62.6 Å². The molecular weight excluding hydrogens is 148 g/mol. The van der Waals surface area contributed by atoms with Crippen LogP contribution in [0.15, 0.2) is 30.3 Å². The van der Waals surface area contributed by atoms with Crippen LogP contribution < -0.4 is 5.19 Å². The number of hydrogen-bond acceptors (Lipinski definition) is 0. The van der Waals surface area contributed by atoms with Crippen molar-refractivity contribution in [3.8, 4) is 0 Å². The van der Waals surface area contributed by atoms with Crippen LogP contribution in [0, 0.1) is 0 Å². The molecule has 0 amide bonds. The molecule has 0 unspecified atom stereocenters. The molecule has 0 saturated heterocycles. The van der Waals surface area contributed by atoms with Gasteiger partial charge in [0.15, 0.2) is 0 Å². The zero-order chi connectivity index (χ0) is 7.61. The smallest absolute Gasteiger partial charge is 0.0775 e. The van der Waals surface area contributed by atoms with Crippen molar-refractivity contribution in [2.24, 2.45) is 0 Å². The quantitative estimate of drug-likeness (QED) is 0.563. The summed E-state index contributed by atoms with van der Waals surface area (Å²) in [5, 5.41) is 1.54. The number of rotatable bonds is 1. The first kappa shape index (κ1) is 10.4. The SMILES string of the molecule is C.C[Si](C)(C)c1ccccc1. The van der Waals surface area contributed by atoms with Crippen LogP contribution in [0.3, 0.4) is 0 Å². The van der Waals surface area contributed by atoms with E-state index in [1.165, 1.54) is 5.19 Å². The highest BCUT2D eigenvalue weighted by atomic mass is 28.3. The summed E-state index contributed by atoms with van der Waals surface area (Å²) >= 11 is 0. The molecule has 0 fully saturated rings. The van der Waals surface area contributed by atoms with Crippen molar-refractivity contribution < 1.29 is 0 Å². The molecule has 0 heterocycles. The van der Waals surface area contributed by atoms with Crippen LogP contribution in [0.4, 0.5) is 0 Å². The van der Waals surface area contributed by atoms with Crippen molar-refractivity contribution in [3.05, 3.63) is 30.3 Å². The first-order valence-electron chi connectivity index (χ1n) is 3.66. The summed E-state index contributed by atoms with van der Waals surface area (Å²) in [6.07, 6.45) is 0. The van der Waals surface area contributed by atoms with Crippen LogP contribution in [0.2, 0.25) is 19.6 Å². The highest BCUT2D eigenvalue weighted by Gasteiger charge is 2.14. The average Bonchev–Trinajstić information content (AvgIpc) is 1.88. The third kappa shape index (κ3) is 2.89. The summed E-state index contributed by atoms with van der Waals surface area (Å²) in [4.78, 5) is 0. The van der Waals surface area contributed by atoms with E-state index in [0.717, 1.165) is 0 Å². The standard InChI is InChI=1S/C9H14Si.CH4/c1-10(2,3)9-7-5-4-6-8-9;/h4-8H,1-3H3;1H4. The van der Waals surface area contributed by atoms with Gasteiger partial charge in [-0.2, -0.15) is 0 Å². The summed E-state index contributed by atoms with van der Waals surface area (Å²) < 4.78 is 0. The van der Waals surface area contributed by atoms with Gasteiger partial charge in [-0.05, 0) is 0 Å². The highest BCUT2D eigenvalue weighted by Crippen LogP contribution is 2.00. The zero-order valence-electron chi connectivity index (χ0n) is 6.89. The third-order valence-electron chi connectivity index (χ3n) is 1.64. The molecule has 1 rings (SSSR count). The zero-order valence-corrected chi connectivity index (χ0v) is 7.89.